The minimum atomic E-state index is -3.39. The van der Waals surface area contributed by atoms with Crippen LogP contribution in [0.3, 0.4) is 0 Å². The lowest BCUT2D eigenvalue weighted by atomic mass is 10.3. The van der Waals surface area contributed by atoms with Crippen molar-refractivity contribution in [1.82, 2.24) is 14.2 Å². The zero-order valence-corrected chi connectivity index (χ0v) is 13.4. The molecular formula is C13H24N4O2S. The van der Waals surface area contributed by atoms with E-state index < -0.39 is 10.0 Å². The van der Waals surface area contributed by atoms with Crippen LogP contribution in [0.15, 0.2) is 23.2 Å². The van der Waals surface area contributed by atoms with Gasteiger partial charge in [0.1, 0.15) is 10.7 Å². The first kappa shape index (κ1) is 16.9. The highest BCUT2D eigenvalue weighted by molar-refractivity contribution is 7.89. The van der Waals surface area contributed by atoms with Crippen LogP contribution >= 0.6 is 0 Å². The standard InChI is InChI=1S/C13H24N4O2S/c1-16(2)10-6-5-9-14-13-8-7-12(11-15-13)20(18,19)17(3)4/h7-8,11H,5-6,9-10H2,1-4H3,(H,14,15). The minimum Gasteiger partial charge on any atom is -0.370 e. The van der Waals surface area contributed by atoms with Gasteiger partial charge < -0.3 is 10.2 Å². The van der Waals surface area contributed by atoms with Crippen molar-refractivity contribution in [2.45, 2.75) is 17.7 Å². The highest BCUT2D eigenvalue weighted by Crippen LogP contribution is 2.13. The Balaban J connectivity index is 2.48. The Bertz CT molecular complexity index is 498. The van der Waals surface area contributed by atoms with E-state index >= 15 is 0 Å². The van der Waals surface area contributed by atoms with Gasteiger partial charge in [0, 0.05) is 26.8 Å². The largest absolute Gasteiger partial charge is 0.370 e. The van der Waals surface area contributed by atoms with Gasteiger partial charge in [0.15, 0.2) is 0 Å². The van der Waals surface area contributed by atoms with Gasteiger partial charge in [-0.3, -0.25) is 0 Å². The predicted octanol–water partition coefficient (Wildman–Crippen LogP) is 1.09. The highest BCUT2D eigenvalue weighted by atomic mass is 32.2. The SMILES string of the molecule is CN(C)CCCCNc1ccc(S(=O)(=O)N(C)C)cn1. The van der Waals surface area contributed by atoms with Crippen molar-refractivity contribution >= 4 is 15.8 Å². The summed E-state index contributed by atoms with van der Waals surface area (Å²) in [6, 6.07) is 3.27. The van der Waals surface area contributed by atoms with Gasteiger partial charge >= 0.3 is 0 Å². The molecule has 0 saturated carbocycles. The van der Waals surface area contributed by atoms with Crippen LogP contribution in [0.5, 0.6) is 0 Å². The zero-order chi connectivity index (χ0) is 15.2. The van der Waals surface area contributed by atoms with Gasteiger partial charge in [0.2, 0.25) is 10.0 Å². The first-order valence-corrected chi connectivity index (χ1v) is 8.05. The molecule has 0 amide bonds. The predicted molar refractivity (Wildman–Crippen MR) is 81.4 cm³/mol. The summed E-state index contributed by atoms with van der Waals surface area (Å²) in [6.07, 6.45) is 3.56. The molecule has 20 heavy (non-hydrogen) atoms. The molecule has 0 atom stereocenters. The Kier molecular flexibility index (Phi) is 6.38. The van der Waals surface area contributed by atoms with Gasteiger partial charge in [-0.05, 0) is 45.6 Å². The third-order valence-electron chi connectivity index (χ3n) is 2.85. The molecule has 0 spiro atoms. The van der Waals surface area contributed by atoms with Crippen LogP contribution in [0.2, 0.25) is 0 Å². The molecule has 0 aromatic carbocycles. The van der Waals surface area contributed by atoms with Gasteiger partial charge in [-0.2, -0.15) is 0 Å². The molecule has 0 aliphatic rings. The van der Waals surface area contributed by atoms with Crippen LogP contribution in [0.25, 0.3) is 0 Å². The maximum absolute atomic E-state index is 11.9. The third kappa shape index (κ3) is 5.07. The number of sulfonamides is 1. The summed E-state index contributed by atoms with van der Waals surface area (Å²) < 4.78 is 24.9. The molecule has 0 bridgehead atoms. The van der Waals surface area contributed by atoms with E-state index in [1.165, 1.54) is 24.6 Å². The van der Waals surface area contributed by atoms with Crippen molar-refractivity contribution in [2.75, 3.05) is 46.6 Å². The van der Waals surface area contributed by atoms with Crippen LogP contribution in [0, 0.1) is 0 Å². The maximum Gasteiger partial charge on any atom is 0.244 e. The van der Waals surface area contributed by atoms with Crippen LogP contribution in [0.4, 0.5) is 5.82 Å². The molecule has 0 saturated heterocycles. The van der Waals surface area contributed by atoms with E-state index in [0.717, 1.165) is 25.9 Å². The fraction of sp³-hybridized carbons (Fsp3) is 0.615. The van der Waals surface area contributed by atoms with E-state index in [0.29, 0.717) is 5.82 Å². The first-order chi connectivity index (χ1) is 9.34. The third-order valence-corrected chi connectivity index (χ3v) is 4.65. The topological polar surface area (TPSA) is 65.5 Å². The van der Waals surface area contributed by atoms with Crippen LogP contribution < -0.4 is 5.32 Å². The van der Waals surface area contributed by atoms with Crippen LogP contribution in [0.1, 0.15) is 12.8 Å². The summed E-state index contributed by atoms with van der Waals surface area (Å²) in [5, 5.41) is 3.19. The van der Waals surface area contributed by atoms with E-state index in [-0.39, 0.29) is 4.90 Å². The van der Waals surface area contributed by atoms with E-state index in [2.05, 4.69) is 29.3 Å². The molecule has 1 heterocycles. The lowest BCUT2D eigenvalue weighted by Gasteiger charge is -2.12. The van der Waals surface area contributed by atoms with Crippen molar-refractivity contribution in [3.05, 3.63) is 18.3 Å². The Morgan fingerprint density at radius 2 is 1.85 bits per heavy atom. The fourth-order valence-electron chi connectivity index (χ4n) is 1.62. The Morgan fingerprint density at radius 3 is 2.35 bits per heavy atom. The summed E-state index contributed by atoms with van der Waals surface area (Å²) in [5.41, 5.74) is 0. The molecule has 6 nitrogen and oxygen atoms in total. The van der Waals surface area contributed by atoms with E-state index in [9.17, 15) is 8.42 Å². The van der Waals surface area contributed by atoms with Gasteiger partial charge in [0.25, 0.3) is 0 Å². The molecular weight excluding hydrogens is 276 g/mol. The second-order valence-electron chi connectivity index (χ2n) is 5.10. The van der Waals surface area contributed by atoms with Crippen molar-refractivity contribution in [2.24, 2.45) is 0 Å². The molecule has 0 aliphatic heterocycles. The van der Waals surface area contributed by atoms with Gasteiger partial charge in [0.05, 0.1) is 0 Å². The van der Waals surface area contributed by atoms with Crippen molar-refractivity contribution in [1.29, 1.82) is 0 Å². The molecule has 0 radical (unpaired) electrons. The zero-order valence-electron chi connectivity index (χ0n) is 12.6. The monoisotopic (exact) mass is 300 g/mol. The second kappa shape index (κ2) is 7.56. The summed E-state index contributed by atoms with van der Waals surface area (Å²) in [4.78, 5) is 6.49. The molecule has 0 unspecified atom stereocenters. The number of anilines is 1. The molecule has 0 fully saturated rings. The first-order valence-electron chi connectivity index (χ1n) is 6.61. The average Bonchev–Trinajstić information content (AvgIpc) is 2.38. The van der Waals surface area contributed by atoms with E-state index in [1.807, 2.05) is 0 Å². The molecule has 1 aromatic heterocycles. The summed E-state index contributed by atoms with van der Waals surface area (Å²) in [6.45, 7) is 1.90. The normalized spacial score (nSPS) is 12.1. The van der Waals surface area contributed by atoms with E-state index in [1.54, 1.807) is 12.1 Å². The fourth-order valence-corrected chi connectivity index (χ4v) is 2.47. The Hall–Kier alpha value is -1.18. The number of hydrogen-bond donors (Lipinski definition) is 1. The van der Waals surface area contributed by atoms with Gasteiger partial charge in [-0.15, -0.1) is 0 Å². The lowest BCUT2D eigenvalue weighted by molar-refractivity contribution is 0.396. The maximum atomic E-state index is 11.9. The average molecular weight is 300 g/mol. The van der Waals surface area contributed by atoms with E-state index in [4.69, 9.17) is 0 Å². The molecule has 114 valence electrons. The Morgan fingerprint density at radius 1 is 1.15 bits per heavy atom. The summed E-state index contributed by atoms with van der Waals surface area (Å²) >= 11 is 0. The molecule has 1 N–H and O–H groups in total. The summed E-state index contributed by atoms with van der Waals surface area (Å²) in [5.74, 6) is 0.701. The smallest absolute Gasteiger partial charge is 0.244 e. The van der Waals surface area contributed by atoms with Crippen molar-refractivity contribution < 1.29 is 8.42 Å². The number of nitrogens with one attached hydrogen (secondary N) is 1. The van der Waals surface area contributed by atoms with Gasteiger partial charge in [-0.25, -0.2) is 17.7 Å². The second-order valence-corrected chi connectivity index (χ2v) is 7.26. The number of unbranched alkanes of at least 4 members (excludes halogenated alkanes) is 1. The molecule has 1 aromatic rings. The van der Waals surface area contributed by atoms with Gasteiger partial charge in [-0.1, -0.05) is 0 Å². The van der Waals surface area contributed by atoms with Crippen LogP contribution in [-0.4, -0.2) is 63.9 Å². The number of pyridine rings is 1. The number of nitrogens with zero attached hydrogens (tertiary/aromatic N) is 3. The number of rotatable bonds is 8. The van der Waals surface area contributed by atoms with Crippen molar-refractivity contribution in [3.63, 3.8) is 0 Å². The Labute approximate surface area is 121 Å². The lowest BCUT2D eigenvalue weighted by Crippen LogP contribution is -2.22. The summed E-state index contributed by atoms with van der Waals surface area (Å²) in [7, 11) is 3.73. The van der Waals surface area contributed by atoms with Crippen molar-refractivity contribution in [3.8, 4) is 0 Å². The quantitative estimate of drug-likeness (QED) is 0.728. The van der Waals surface area contributed by atoms with Crippen LogP contribution in [-0.2, 0) is 10.0 Å². The molecule has 0 aliphatic carbocycles. The highest BCUT2D eigenvalue weighted by Gasteiger charge is 2.17. The minimum absolute atomic E-state index is 0.209. The molecule has 1 rings (SSSR count). The number of hydrogen-bond acceptors (Lipinski definition) is 5. The molecule has 7 heteroatoms. The number of aromatic nitrogens is 1.